The van der Waals surface area contributed by atoms with Gasteiger partial charge in [-0.15, -0.1) is 0 Å². The van der Waals surface area contributed by atoms with Crippen molar-refractivity contribution in [1.29, 1.82) is 0 Å². The van der Waals surface area contributed by atoms with Crippen molar-refractivity contribution in [3.8, 4) is 0 Å². The molecule has 1 aliphatic heterocycles. The van der Waals surface area contributed by atoms with Crippen LogP contribution in [-0.2, 0) is 18.2 Å². The molecule has 0 amide bonds. The van der Waals surface area contributed by atoms with Gasteiger partial charge in [-0.1, -0.05) is 0 Å². The Morgan fingerprint density at radius 1 is 1.62 bits per heavy atom. The first-order valence-corrected chi connectivity index (χ1v) is 6.09. The number of hydrogen-bond acceptors (Lipinski definition) is 3. The summed E-state index contributed by atoms with van der Waals surface area (Å²) in [7, 11) is 1.93. The van der Waals surface area contributed by atoms with Gasteiger partial charge >= 0.3 is 0 Å². The maximum Gasteiger partial charge on any atom is 0.0590 e. The van der Waals surface area contributed by atoms with E-state index in [9.17, 15) is 0 Å². The summed E-state index contributed by atoms with van der Waals surface area (Å²) in [5.41, 5.74) is 7.34. The molecular weight excluding hydrogens is 202 g/mol. The summed E-state index contributed by atoms with van der Waals surface area (Å²) in [5, 5.41) is 4.15. The predicted molar refractivity (Wildman–Crippen MR) is 63.1 cm³/mol. The van der Waals surface area contributed by atoms with Crippen LogP contribution >= 0.6 is 0 Å². The quantitative estimate of drug-likeness (QED) is 0.835. The summed E-state index contributed by atoms with van der Waals surface area (Å²) in [4.78, 5) is 0. The number of nitrogens with two attached hydrogens (primary N) is 1. The Balaban J connectivity index is 1.77. The minimum absolute atomic E-state index is 0.187. The summed E-state index contributed by atoms with van der Waals surface area (Å²) >= 11 is 0. The van der Waals surface area contributed by atoms with Crippen LogP contribution in [0, 0.1) is 0 Å². The van der Waals surface area contributed by atoms with Gasteiger partial charge in [0.1, 0.15) is 0 Å². The first kappa shape index (κ1) is 11.6. The lowest BCUT2D eigenvalue weighted by molar-refractivity contribution is 0.00747. The molecule has 0 bridgehead atoms. The molecule has 0 aromatic carbocycles. The van der Waals surface area contributed by atoms with E-state index < -0.39 is 0 Å². The van der Waals surface area contributed by atoms with E-state index in [1.807, 2.05) is 24.1 Å². The van der Waals surface area contributed by atoms with Crippen LogP contribution in [0.3, 0.4) is 0 Å². The molecule has 2 unspecified atom stereocenters. The van der Waals surface area contributed by atoms with E-state index >= 15 is 0 Å². The molecule has 0 spiro atoms. The Kier molecular flexibility index (Phi) is 3.96. The number of ether oxygens (including phenoxy) is 1. The molecule has 2 heterocycles. The van der Waals surface area contributed by atoms with E-state index in [4.69, 9.17) is 10.5 Å². The van der Waals surface area contributed by atoms with Gasteiger partial charge in [0.25, 0.3) is 0 Å². The van der Waals surface area contributed by atoms with E-state index in [2.05, 4.69) is 5.10 Å². The summed E-state index contributed by atoms with van der Waals surface area (Å²) in [6, 6.07) is 0.187. The number of aryl methyl sites for hydroxylation is 1. The van der Waals surface area contributed by atoms with E-state index in [1.165, 1.54) is 24.8 Å². The fraction of sp³-hybridized carbons (Fsp3) is 0.750. The molecule has 4 nitrogen and oxygen atoms in total. The highest BCUT2D eigenvalue weighted by molar-refractivity contribution is 5.05. The average molecular weight is 223 g/mol. The van der Waals surface area contributed by atoms with Gasteiger partial charge in [-0.05, 0) is 37.7 Å². The van der Waals surface area contributed by atoms with Crippen molar-refractivity contribution in [2.24, 2.45) is 12.8 Å². The zero-order valence-electron chi connectivity index (χ0n) is 9.93. The van der Waals surface area contributed by atoms with Gasteiger partial charge < -0.3 is 10.5 Å². The van der Waals surface area contributed by atoms with Crippen LogP contribution in [0.25, 0.3) is 0 Å². The molecule has 1 fully saturated rings. The highest BCUT2D eigenvalue weighted by atomic mass is 16.5. The molecule has 0 aliphatic carbocycles. The predicted octanol–water partition coefficient (Wildman–Crippen LogP) is 1.25. The van der Waals surface area contributed by atoms with Gasteiger partial charge in [-0.3, -0.25) is 4.68 Å². The third-order valence-corrected chi connectivity index (χ3v) is 3.10. The maximum atomic E-state index is 6.13. The molecule has 2 rings (SSSR count). The Hall–Kier alpha value is -0.870. The highest BCUT2D eigenvalue weighted by Crippen LogP contribution is 2.17. The van der Waals surface area contributed by atoms with Gasteiger partial charge in [-0.25, -0.2) is 0 Å². The smallest absolute Gasteiger partial charge is 0.0590 e. The van der Waals surface area contributed by atoms with Crippen molar-refractivity contribution in [2.75, 3.05) is 6.61 Å². The second kappa shape index (κ2) is 5.46. The van der Waals surface area contributed by atoms with Crippen LogP contribution in [0.4, 0.5) is 0 Å². The third-order valence-electron chi connectivity index (χ3n) is 3.10. The van der Waals surface area contributed by atoms with Crippen molar-refractivity contribution in [1.82, 2.24) is 9.78 Å². The highest BCUT2D eigenvalue weighted by Gasteiger charge is 2.17. The third kappa shape index (κ3) is 3.32. The lowest BCUT2D eigenvalue weighted by atomic mass is 9.99. The van der Waals surface area contributed by atoms with Gasteiger partial charge in [-0.2, -0.15) is 5.10 Å². The summed E-state index contributed by atoms with van der Waals surface area (Å²) in [5.74, 6) is 0. The summed E-state index contributed by atoms with van der Waals surface area (Å²) < 4.78 is 7.51. The molecule has 1 saturated heterocycles. The largest absolute Gasteiger partial charge is 0.378 e. The van der Waals surface area contributed by atoms with Crippen LogP contribution in [0.2, 0.25) is 0 Å². The molecule has 2 atom stereocenters. The van der Waals surface area contributed by atoms with Gasteiger partial charge in [0, 0.05) is 25.9 Å². The minimum atomic E-state index is 0.187. The SMILES string of the molecule is Cn1cc(CC(N)CC2CCCCO2)cn1. The van der Waals surface area contributed by atoms with Crippen LogP contribution in [0.15, 0.2) is 12.4 Å². The second-order valence-corrected chi connectivity index (χ2v) is 4.71. The molecule has 0 radical (unpaired) electrons. The van der Waals surface area contributed by atoms with Crippen LogP contribution < -0.4 is 5.73 Å². The first-order chi connectivity index (χ1) is 7.74. The molecule has 90 valence electrons. The van der Waals surface area contributed by atoms with Crippen LogP contribution in [0.5, 0.6) is 0 Å². The molecule has 4 heteroatoms. The normalized spacial score (nSPS) is 23.2. The average Bonchev–Trinajstić information content (AvgIpc) is 2.65. The van der Waals surface area contributed by atoms with E-state index in [-0.39, 0.29) is 6.04 Å². The Morgan fingerprint density at radius 2 is 2.50 bits per heavy atom. The van der Waals surface area contributed by atoms with Gasteiger partial charge in [0.2, 0.25) is 0 Å². The Labute approximate surface area is 96.8 Å². The van der Waals surface area contributed by atoms with E-state index in [0.29, 0.717) is 6.10 Å². The monoisotopic (exact) mass is 223 g/mol. The van der Waals surface area contributed by atoms with Crippen molar-refractivity contribution in [3.63, 3.8) is 0 Å². The van der Waals surface area contributed by atoms with Crippen LogP contribution in [0.1, 0.15) is 31.2 Å². The van der Waals surface area contributed by atoms with Gasteiger partial charge in [0.05, 0.1) is 12.3 Å². The number of aromatic nitrogens is 2. The molecule has 16 heavy (non-hydrogen) atoms. The van der Waals surface area contributed by atoms with E-state index in [0.717, 1.165) is 19.4 Å². The second-order valence-electron chi connectivity index (χ2n) is 4.71. The number of rotatable bonds is 4. The van der Waals surface area contributed by atoms with Gasteiger partial charge in [0.15, 0.2) is 0 Å². The number of hydrogen-bond donors (Lipinski definition) is 1. The minimum Gasteiger partial charge on any atom is -0.378 e. The van der Waals surface area contributed by atoms with Crippen LogP contribution in [-0.4, -0.2) is 28.5 Å². The van der Waals surface area contributed by atoms with Crippen molar-refractivity contribution in [3.05, 3.63) is 18.0 Å². The van der Waals surface area contributed by atoms with Crippen molar-refractivity contribution < 1.29 is 4.74 Å². The lowest BCUT2D eigenvalue weighted by Crippen LogP contribution is -2.31. The first-order valence-electron chi connectivity index (χ1n) is 6.09. The molecule has 1 aromatic rings. The van der Waals surface area contributed by atoms with Crippen molar-refractivity contribution >= 4 is 0 Å². The molecule has 0 saturated carbocycles. The Morgan fingerprint density at radius 3 is 3.12 bits per heavy atom. The molecule has 2 N–H and O–H groups in total. The summed E-state index contributed by atoms with van der Waals surface area (Å²) in [6.45, 7) is 0.907. The zero-order chi connectivity index (χ0) is 11.4. The maximum absolute atomic E-state index is 6.13. The zero-order valence-corrected chi connectivity index (χ0v) is 9.93. The molecule has 1 aromatic heterocycles. The lowest BCUT2D eigenvalue weighted by Gasteiger charge is -2.25. The molecule has 1 aliphatic rings. The fourth-order valence-corrected chi connectivity index (χ4v) is 2.29. The summed E-state index contributed by atoms with van der Waals surface area (Å²) in [6.07, 6.45) is 9.81. The van der Waals surface area contributed by atoms with E-state index in [1.54, 1.807) is 0 Å². The topological polar surface area (TPSA) is 53.1 Å². The Bertz CT molecular complexity index is 318. The molecular formula is C12H21N3O. The van der Waals surface area contributed by atoms with Crippen molar-refractivity contribution in [2.45, 2.75) is 44.2 Å². The number of nitrogens with zero attached hydrogens (tertiary/aromatic N) is 2. The standard InChI is InChI=1S/C12H21N3O/c1-15-9-10(8-14-15)6-11(13)7-12-4-2-3-5-16-12/h8-9,11-12H,2-7,13H2,1H3. The fourth-order valence-electron chi connectivity index (χ4n) is 2.29.